The Morgan fingerprint density at radius 1 is 1.33 bits per heavy atom. The maximum atomic E-state index is 4.45. The van der Waals surface area contributed by atoms with E-state index in [2.05, 4.69) is 34.0 Å². The monoisotopic (exact) mass is 206 g/mol. The average Bonchev–Trinajstić information content (AvgIpc) is 2.16. The Labute approximate surface area is 90.7 Å². The molecule has 2 unspecified atom stereocenters. The Kier molecular flexibility index (Phi) is 2.86. The number of hydrogen-bond donors (Lipinski definition) is 1. The molecule has 15 heavy (non-hydrogen) atoms. The first-order valence-corrected chi connectivity index (χ1v) is 5.46. The zero-order valence-corrected chi connectivity index (χ0v) is 9.57. The summed E-state index contributed by atoms with van der Waals surface area (Å²) in [4.78, 5) is 11.0. The Morgan fingerprint density at radius 3 is 2.60 bits per heavy atom. The summed E-state index contributed by atoms with van der Waals surface area (Å²) in [5, 5.41) is 3.50. The van der Waals surface area contributed by atoms with Gasteiger partial charge in [0.05, 0.1) is 0 Å². The number of rotatable bonds is 1. The van der Waals surface area contributed by atoms with E-state index in [1.807, 2.05) is 19.2 Å². The SMILES string of the molecule is Cc1ccnc(N2CC(C)NC(C)C2)n1. The zero-order chi connectivity index (χ0) is 10.8. The van der Waals surface area contributed by atoms with Gasteiger partial charge in [0.2, 0.25) is 5.95 Å². The Morgan fingerprint density at radius 2 is 2.00 bits per heavy atom. The van der Waals surface area contributed by atoms with Gasteiger partial charge in [0, 0.05) is 37.1 Å². The van der Waals surface area contributed by atoms with Crippen LogP contribution in [0.4, 0.5) is 5.95 Å². The maximum Gasteiger partial charge on any atom is 0.225 e. The van der Waals surface area contributed by atoms with Crippen LogP contribution in [0.3, 0.4) is 0 Å². The molecule has 2 heterocycles. The molecule has 1 fully saturated rings. The molecule has 0 bridgehead atoms. The van der Waals surface area contributed by atoms with Gasteiger partial charge >= 0.3 is 0 Å². The molecule has 82 valence electrons. The molecule has 1 aliphatic heterocycles. The minimum absolute atomic E-state index is 0.498. The van der Waals surface area contributed by atoms with Gasteiger partial charge in [-0.05, 0) is 26.8 Å². The van der Waals surface area contributed by atoms with E-state index in [0.717, 1.165) is 24.7 Å². The van der Waals surface area contributed by atoms with Crippen LogP contribution in [0.5, 0.6) is 0 Å². The number of aromatic nitrogens is 2. The molecule has 4 heteroatoms. The molecule has 1 aliphatic rings. The van der Waals surface area contributed by atoms with E-state index in [4.69, 9.17) is 0 Å². The lowest BCUT2D eigenvalue weighted by molar-refractivity contribution is 0.403. The lowest BCUT2D eigenvalue weighted by Crippen LogP contribution is -2.54. The quantitative estimate of drug-likeness (QED) is 0.743. The lowest BCUT2D eigenvalue weighted by Gasteiger charge is -2.36. The van der Waals surface area contributed by atoms with E-state index >= 15 is 0 Å². The standard InChI is InChI=1S/C11H18N4/c1-8-4-5-12-11(14-8)15-6-9(2)13-10(3)7-15/h4-5,9-10,13H,6-7H2,1-3H3. The second kappa shape index (κ2) is 4.14. The predicted molar refractivity (Wildman–Crippen MR) is 61.0 cm³/mol. The van der Waals surface area contributed by atoms with Gasteiger partial charge < -0.3 is 10.2 Å². The van der Waals surface area contributed by atoms with Gasteiger partial charge in [-0.2, -0.15) is 0 Å². The molecule has 0 amide bonds. The number of hydrogen-bond acceptors (Lipinski definition) is 4. The first-order chi connectivity index (χ1) is 7.15. The van der Waals surface area contributed by atoms with E-state index in [1.165, 1.54) is 0 Å². The van der Waals surface area contributed by atoms with Crippen molar-refractivity contribution < 1.29 is 0 Å². The summed E-state index contributed by atoms with van der Waals surface area (Å²) >= 11 is 0. The van der Waals surface area contributed by atoms with E-state index < -0.39 is 0 Å². The van der Waals surface area contributed by atoms with Crippen LogP contribution in [0.25, 0.3) is 0 Å². The Bertz CT molecular complexity index is 329. The highest BCUT2D eigenvalue weighted by atomic mass is 15.3. The topological polar surface area (TPSA) is 41.1 Å². The van der Waals surface area contributed by atoms with Crippen LogP contribution in [0.1, 0.15) is 19.5 Å². The van der Waals surface area contributed by atoms with Crippen LogP contribution in [-0.4, -0.2) is 35.1 Å². The third-order valence-electron chi connectivity index (χ3n) is 2.62. The van der Waals surface area contributed by atoms with Gasteiger partial charge in [-0.25, -0.2) is 9.97 Å². The minimum atomic E-state index is 0.498. The van der Waals surface area contributed by atoms with E-state index in [9.17, 15) is 0 Å². The van der Waals surface area contributed by atoms with Crippen molar-refractivity contribution in [3.63, 3.8) is 0 Å². The molecule has 1 aromatic rings. The fourth-order valence-corrected chi connectivity index (χ4v) is 2.08. The molecule has 1 saturated heterocycles. The van der Waals surface area contributed by atoms with Crippen LogP contribution >= 0.6 is 0 Å². The smallest absolute Gasteiger partial charge is 0.225 e. The van der Waals surface area contributed by atoms with Crippen LogP contribution in [-0.2, 0) is 0 Å². The Balaban J connectivity index is 2.16. The molecular weight excluding hydrogens is 188 g/mol. The summed E-state index contributed by atoms with van der Waals surface area (Å²) in [6.45, 7) is 8.35. The molecule has 0 radical (unpaired) electrons. The number of piperazine rings is 1. The van der Waals surface area contributed by atoms with Crippen molar-refractivity contribution in [3.8, 4) is 0 Å². The van der Waals surface area contributed by atoms with E-state index in [-0.39, 0.29) is 0 Å². The number of nitrogens with one attached hydrogen (secondary N) is 1. The minimum Gasteiger partial charge on any atom is -0.338 e. The van der Waals surface area contributed by atoms with Gasteiger partial charge in [0.15, 0.2) is 0 Å². The van der Waals surface area contributed by atoms with Crippen molar-refractivity contribution >= 4 is 5.95 Å². The molecule has 0 saturated carbocycles. The van der Waals surface area contributed by atoms with Gasteiger partial charge in [-0.15, -0.1) is 0 Å². The van der Waals surface area contributed by atoms with Crippen molar-refractivity contribution in [1.82, 2.24) is 15.3 Å². The van der Waals surface area contributed by atoms with Crippen LogP contribution in [0.15, 0.2) is 12.3 Å². The molecule has 2 rings (SSSR count). The molecule has 4 nitrogen and oxygen atoms in total. The van der Waals surface area contributed by atoms with Crippen molar-refractivity contribution in [1.29, 1.82) is 0 Å². The molecule has 1 aromatic heterocycles. The number of anilines is 1. The van der Waals surface area contributed by atoms with Crippen LogP contribution < -0.4 is 10.2 Å². The number of nitrogens with zero attached hydrogens (tertiary/aromatic N) is 3. The van der Waals surface area contributed by atoms with Gasteiger partial charge in [0.25, 0.3) is 0 Å². The normalized spacial score (nSPS) is 26.7. The highest BCUT2D eigenvalue weighted by Crippen LogP contribution is 2.12. The summed E-state index contributed by atoms with van der Waals surface area (Å²) in [6, 6.07) is 2.93. The third-order valence-corrected chi connectivity index (χ3v) is 2.62. The highest BCUT2D eigenvalue weighted by Gasteiger charge is 2.22. The van der Waals surface area contributed by atoms with E-state index in [0.29, 0.717) is 12.1 Å². The van der Waals surface area contributed by atoms with Gasteiger partial charge in [0.1, 0.15) is 0 Å². The molecule has 0 spiro atoms. The third kappa shape index (κ3) is 2.45. The van der Waals surface area contributed by atoms with Gasteiger partial charge in [-0.1, -0.05) is 0 Å². The van der Waals surface area contributed by atoms with Crippen molar-refractivity contribution in [2.45, 2.75) is 32.9 Å². The second-order valence-corrected chi connectivity index (χ2v) is 4.37. The largest absolute Gasteiger partial charge is 0.338 e. The zero-order valence-electron chi connectivity index (χ0n) is 9.57. The second-order valence-electron chi connectivity index (χ2n) is 4.37. The summed E-state index contributed by atoms with van der Waals surface area (Å²) in [5.41, 5.74) is 1.03. The summed E-state index contributed by atoms with van der Waals surface area (Å²) in [6.07, 6.45) is 1.83. The summed E-state index contributed by atoms with van der Waals surface area (Å²) in [7, 11) is 0. The van der Waals surface area contributed by atoms with Crippen LogP contribution in [0.2, 0.25) is 0 Å². The first-order valence-electron chi connectivity index (χ1n) is 5.46. The van der Waals surface area contributed by atoms with Crippen molar-refractivity contribution in [2.75, 3.05) is 18.0 Å². The van der Waals surface area contributed by atoms with Crippen molar-refractivity contribution in [2.24, 2.45) is 0 Å². The predicted octanol–water partition coefficient (Wildman–Crippen LogP) is 0.972. The lowest BCUT2D eigenvalue weighted by atomic mass is 10.1. The maximum absolute atomic E-state index is 4.45. The molecule has 1 N–H and O–H groups in total. The fourth-order valence-electron chi connectivity index (χ4n) is 2.08. The molecule has 0 aliphatic carbocycles. The summed E-state index contributed by atoms with van der Waals surface area (Å²) in [5.74, 6) is 0.857. The fraction of sp³-hybridized carbons (Fsp3) is 0.636. The highest BCUT2D eigenvalue weighted by molar-refractivity contribution is 5.31. The first kappa shape index (κ1) is 10.4. The van der Waals surface area contributed by atoms with Crippen molar-refractivity contribution in [3.05, 3.63) is 18.0 Å². The molecule has 2 atom stereocenters. The van der Waals surface area contributed by atoms with E-state index in [1.54, 1.807) is 0 Å². The average molecular weight is 206 g/mol. The Hall–Kier alpha value is -1.16. The van der Waals surface area contributed by atoms with Gasteiger partial charge in [-0.3, -0.25) is 0 Å². The molecule has 0 aromatic carbocycles. The molecular formula is C11H18N4. The van der Waals surface area contributed by atoms with Crippen LogP contribution in [0, 0.1) is 6.92 Å². The number of aryl methyl sites for hydroxylation is 1. The summed E-state index contributed by atoms with van der Waals surface area (Å²) < 4.78 is 0.